The number of hydrogen-bond donors (Lipinski definition) is 0. The number of rotatable bonds is 2. The molecule has 0 aliphatic heterocycles. The third-order valence-electron chi connectivity index (χ3n) is 2.55. The first kappa shape index (κ1) is 12.2. The molecule has 0 heterocycles. The Labute approximate surface area is 107 Å². The van der Waals surface area contributed by atoms with E-state index in [1.54, 1.807) is 0 Å². The third kappa shape index (κ3) is 2.91. The van der Waals surface area contributed by atoms with Gasteiger partial charge in [-0.3, -0.25) is 0 Å². The van der Waals surface area contributed by atoms with Gasteiger partial charge in [-0.05, 0) is 30.2 Å². The molecule has 0 bridgehead atoms. The van der Waals surface area contributed by atoms with Gasteiger partial charge in [0.15, 0.2) is 0 Å². The fourth-order valence-electron chi connectivity index (χ4n) is 1.65. The van der Waals surface area contributed by atoms with Crippen molar-refractivity contribution in [3.63, 3.8) is 0 Å². The fraction of sp³-hybridized carbons (Fsp3) is 0.143. The molecule has 0 fully saturated rings. The maximum Gasteiger partial charge on any atom is 0.126 e. The highest BCUT2D eigenvalue weighted by Gasteiger charge is 2.12. The van der Waals surface area contributed by atoms with Crippen LogP contribution < -0.4 is 0 Å². The Balaban J connectivity index is 2.36. The number of benzene rings is 2. The molecule has 17 heavy (non-hydrogen) atoms. The van der Waals surface area contributed by atoms with Crippen molar-refractivity contribution in [1.82, 2.24) is 0 Å². The van der Waals surface area contributed by atoms with Gasteiger partial charge in [0.1, 0.15) is 11.6 Å². The zero-order valence-corrected chi connectivity index (χ0v) is 10.8. The molecule has 0 aliphatic carbocycles. The molecular formula is C14H11BrF2. The van der Waals surface area contributed by atoms with Crippen LogP contribution in [0.25, 0.3) is 0 Å². The van der Waals surface area contributed by atoms with Crippen LogP contribution in [-0.4, -0.2) is 0 Å². The minimum Gasteiger partial charge on any atom is -0.207 e. The van der Waals surface area contributed by atoms with Gasteiger partial charge < -0.3 is 0 Å². The highest BCUT2D eigenvalue weighted by molar-refractivity contribution is 9.09. The van der Waals surface area contributed by atoms with E-state index in [1.165, 1.54) is 12.1 Å². The minimum atomic E-state index is -0.559. The zero-order valence-electron chi connectivity index (χ0n) is 9.25. The standard InChI is InChI=1S/C14H11BrF2/c1-9-2-4-10(5-3-9)14(15)11-6-12(16)8-13(17)7-11/h2-8,14H,1H3. The van der Waals surface area contributed by atoms with Gasteiger partial charge in [-0.2, -0.15) is 0 Å². The van der Waals surface area contributed by atoms with Crippen molar-refractivity contribution in [3.8, 4) is 0 Å². The molecule has 0 aromatic heterocycles. The number of alkyl halides is 1. The van der Waals surface area contributed by atoms with Crippen LogP contribution in [-0.2, 0) is 0 Å². The van der Waals surface area contributed by atoms with E-state index in [-0.39, 0.29) is 4.83 Å². The molecule has 0 spiro atoms. The van der Waals surface area contributed by atoms with Crippen molar-refractivity contribution in [2.24, 2.45) is 0 Å². The summed E-state index contributed by atoms with van der Waals surface area (Å²) in [4.78, 5) is -0.201. The van der Waals surface area contributed by atoms with Crippen molar-refractivity contribution in [2.45, 2.75) is 11.8 Å². The highest BCUT2D eigenvalue weighted by atomic mass is 79.9. The average Bonchev–Trinajstić information content (AvgIpc) is 2.28. The lowest BCUT2D eigenvalue weighted by Crippen LogP contribution is -1.95. The van der Waals surface area contributed by atoms with E-state index >= 15 is 0 Å². The van der Waals surface area contributed by atoms with Gasteiger partial charge in [-0.1, -0.05) is 45.8 Å². The van der Waals surface area contributed by atoms with E-state index in [0.29, 0.717) is 5.56 Å². The predicted molar refractivity (Wildman–Crippen MR) is 68.3 cm³/mol. The minimum absolute atomic E-state index is 0.201. The molecule has 0 saturated carbocycles. The van der Waals surface area contributed by atoms with Crippen molar-refractivity contribution < 1.29 is 8.78 Å². The van der Waals surface area contributed by atoms with Crippen LogP contribution in [0.3, 0.4) is 0 Å². The van der Waals surface area contributed by atoms with Crippen molar-refractivity contribution in [1.29, 1.82) is 0 Å². The lowest BCUT2D eigenvalue weighted by atomic mass is 10.0. The Kier molecular flexibility index (Phi) is 3.57. The van der Waals surface area contributed by atoms with Gasteiger partial charge in [0.2, 0.25) is 0 Å². The Morgan fingerprint density at radius 2 is 1.41 bits per heavy atom. The lowest BCUT2D eigenvalue weighted by molar-refractivity contribution is 0.580. The van der Waals surface area contributed by atoms with Gasteiger partial charge in [0.05, 0.1) is 4.83 Å². The maximum absolute atomic E-state index is 13.1. The summed E-state index contributed by atoms with van der Waals surface area (Å²) in [7, 11) is 0. The number of aryl methyl sites for hydroxylation is 1. The Morgan fingerprint density at radius 1 is 0.882 bits per heavy atom. The summed E-state index contributed by atoms with van der Waals surface area (Å²) >= 11 is 3.45. The molecule has 0 saturated heterocycles. The molecular weight excluding hydrogens is 286 g/mol. The Morgan fingerprint density at radius 3 is 1.94 bits per heavy atom. The van der Waals surface area contributed by atoms with Gasteiger partial charge in [-0.15, -0.1) is 0 Å². The molecule has 2 rings (SSSR count). The number of hydrogen-bond acceptors (Lipinski definition) is 0. The Bertz CT molecular complexity index is 500. The largest absolute Gasteiger partial charge is 0.207 e. The summed E-state index contributed by atoms with van der Waals surface area (Å²) < 4.78 is 26.2. The second kappa shape index (κ2) is 4.96. The van der Waals surface area contributed by atoms with Crippen LogP contribution in [0.4, 0.5) is 8.78 Å². The zero-order chi connectivity index (χ0) is 12.4. The first-order chi connectivity index (χ1) is 8.06. The molecule has 3 heteroatoms. The van der Waals surface area contributed by atoms with Crippen LogP contribution in [0.1, 0.15) is 21.5 Å². The fourth-order valence-corrected chi connectivity index (χ4v) is 2.22. The smallest absolute Gasteiger partial charge is 0.126 e. The van der Waals surface area contributed by atoms with Gasteiger partial charge in [0.25, 0.3) is 0 Å². The van der Waals surface area contributed by atoms with E-state index in [4.69, 9.17) is 0 Å². The van der Waals surface area contributed by atoms with Crippen LogP contribution in [0, 0.1) is 18.6 Å². The van der Waals surface area contributed by atoms with Crippen molar-refractivity contribution in [3.05, 3.63) is 70.8 Å². The molecule has 0 amide bonds. The third-order valence-corrected chi connectivity index (χ3v) is 3.60. The summed E-state index contributed by atoms with van der Waals surface area (Å²) in [5.74, 6) is -1.12. The molecule has 1 atom stereocenters. The molecule has 0 aliphatic rings. The van der Waals surface area contributed by atoms with E-state index in [2.05, 4.69) is 15.9 Å². The van der Waals surface area contributed by atoms with E-state index in [0.717, 1.165) is 17.2 Å². The van der Waals surface area contributed by atoms with Crippen molar-refractivity contribution >= 4 is 15.9 Å². The van der Waals surface area contributed by atoms with Gasteiger partial charge >= 0.3 is 0 Å². The highest BCUT2D eigenvalue weighted by Crippen LogP contribution is 2.31. The summed E-state index contributed by atoms with van der Waals surface area (Å²) in [5.41, 5.74) is 2.70. The van der Waals surface area contributed by atoms with Crippen LogP contribution in [0.15, 0.2) is 42.5 Å². The lowest BCUT2D eigenvalue weighted by Gasteiger charge is -2.11. The van der Waals surface area contributed by atoms with Crippen LogP contribution in [0.2, 0.25) is 0 Å². The normalized spacial score (nSPS) is 12.5. The molecule has 0 N–H and O–H groups in total. The SMILES string of the molecule is Cc1ccc(C(Br)c2cc(F)cc(F)c2)cc1. The molecule has 2 aromatic rings. The quantitative estimate of drug-likeness (QED) is 0.701. The summed E-state index contributed by atoms with van der Waals surface area (Å²) in [5, 5.41) is 0. The average molecular weight is 297 g/mol. The second-order valence-electron chi connectivity index (χ2n) is 3.98. The van der Waals surface area contributed by atoms with Gasteiger partial charge in [0, 0.05) is 6.07 Å². The van der Waals surface area contributed by atoms with E-state index < -0.39 is 11.6 Å². The first-order valence-corrected chi connectivity index (χ1v) is 6.14. The van der Waals surface area contributed by atoms with E-state index in [9.17, 15) is 8.78 Å². The Hall–Kier alpha value is -1.22. The molecule has 1 unspecified atom stereocenters. The second-order valence-corrected chi connectivity index (χ2v) is 4.89. The monoisotopic (exact) mass is 296 g/mol. The summed E-state index contributed by atoms with van der Waals surface area (Å²) in [6.45, 7) is 1.99. The van der Waals surface area contributed by atoms with Crippen LogP contribution in [0.5, 0.6) is 0 Å². The summed E-state index contributed by atoms with van der Waals surface area (Å²) in [6.07, 6.45) is 0. The van der Waals surface area contributed by atoms with Crippen LogP contribution >= 0.6 is 15.9 Å². The maximum atomic E-state index is 13.1. The first-order valence-electron chi connectivity index (χ1n) is 5.23. The molecule has 2 aromatic carbocycles. The topological polar surface area (TPSA) is 0 Å². The van der Waals surface area contributed by atoms with Crippen molar-refractivity contribution in [2.75, 3.05) is 0 Å². The predicted octanol–water partition coefficient (Wildman–Crippen LogP) is 4.76. The molecule has 88 valence electrons. The summed E-state index contributed by atoms with van der Waals surface area (Å²) in [6, 6.07) is 11.4. The molecule has 0 radical (unpaired) electrons. The van der Waals surface area contributed by atoms with Gasteiger partial charge in [-0.25, -0.2) is 8.78 Å². The number of halogens is 3. The molecule has 0 nitrogen and oxygen atoms in total. The van der Waals surface area contributed by atoms with E-state index in [1.807, 2.05) is 31.2 Å².